The Morgan fingerprint density at radius 3 is 1.61 bits per heavy atom. The number of hydrogen-bond acceptors (Lipinski definition) is 12. The van der Waals surface area contributed by atoms with Crippen molar-refractivity contribution in [3.8, 4) is 0 Å². The lowest BCUT2D eigenvalue weighted by molar-refractivity contribution is -0.165. The normalized spacial score (nSPS) is 10.3. The summed E-state index contributed by atoms with van der Waals surface area (Å²) in [5, 5.41) is 46.2. The van der Waals surface area contributed by atoms with E-state index in [1.165, 1.54) is 6.92 Å². The molecule has 0 aromatic carbocycles. The molecular formula is C37H77N7O10. The Balaban J connectivity index is -0.000000334. The monoisotopic (exact) mass is 780 g/mol. The lowest BCUT2D eigenvalue weighted by atomic mass is 10.1. The smallest absolute Gasteiger partial charge is 0.246 e. The van der Waals surface area contributed by atoms with Crippen molar-refractivity contribution >= 4 is 36.3 Å². The van der Waals surface area contributed by atoms with E-state index in [4.69, 9.17) is 21.3 Å². The third-order valence-corrected chi connectivity index (χ3v) is 7.13. The van der Waals surface area contributed by atoms with E-state index in [9.17, 15) is 34.0 Å². The van der Waals surface area contributed by atoms with E-state index >= 15 is 0 Å². The van der Waals surface area contributed by atoms with Gasteiger partial charge in [0.15, 0.2) is 0 Å². The van der Waals surface area contributed by atoms with Gasteiger partial charge < -0.3 is 31.6 Å². The standard InChI is InChI=1S/C15H28N2O4.C11H22N2O3.C7H16N2O2.C4H11NO/c1-13(2)8-9-14(19)16-10-4-3-5-11-17(21)15(20)7-6-12-18;1-3-7-11(15)12-8-5-4-6-9-13(16)10(2)14;1-8-5-3-2-4-6-9(11)7-10;1-4(2,5)3-6/h12-13,21H,3-11H2,1-2H3,(H,16,19);16H,3-9H2,1-2H3,(H,12,15);7-8,11H,2-6H2,1H3;6H,3,5H2,1-2H3. The molecule has 5 amide bonds. The molecule has 0 aromatic heterocycles. The minimum Gasteiger partial charge on any atom is -0.394 e. The average Bonchev–Trinajstić information content (AvgIpc) is 3.12. The lowest BCUT2D eigenvalue weighted by Gasteiger charge is -2.14. The van der Waals surface area contributed by atoms with Gasteiger partial charge in [0, 0.05) is 70.9 Å². The first-order chi connectivity index (χ1) is 25.4. The first-order valence-electron chi connectivity index (χ1n) is 19.3. The van der Waals surface area contributed by atoms with E-state index in [1.54, 1.807) is 13.8 Å². The van der Waals surface area contributed by atoms with Gasteiger partial charge in [-0.1, -0.05) is 27.2 Å². The Bertz CT molecular complexity index is 937. The van der Waals surface area contributed by atoms with Crippen LogP contribution in [0.25, 0.3) is 0 Å². The molecule has 0 saturated carbocycles. The number of carbonyl (C=O) groups is 6. The molecule has 9 N–H and O–H groups in total. The summed E-state index contributed by atoms with van der Waals surface area (Å²) in [4.78, 5) is 64.5. The SMILES string of the molecule is CC(C)(N)CO.CC(C)CCC(=O)NCCCCCN(O)C(=O)CCC=O.CCCC(=O)NCCCCCN(O)C(C)=O.CNCCCCCN(O)C=O. The first kappa shape index (κ1) is 57.5. The fourth-order valence-corrected chi connectivity index (χ4v) is 3.80. The second-order valence-corrected chi connectivity index (χ2v) is 13.9. The van der Waals surface area contributed by atoms with Crippen LogP contribution in [0.2, 0.25) is 0 Å². The van der Waals surface area contributed by atoms with E-state index in [0.717, 1.165) is 75.8 Å². The summed E-state index contributed by atoms with van der Waals surface area (Å²) in [6, 6.07) is 0. The third kappa shape index (κ3) is 50.9. The molecule has 0 saturated heterocycles. The van der Waals surface area contributed by atoms with Crippen molar-refractivity contribution in [2.75, 3.05) is 52.9 Å². The predicted octanol–water partition coefficient (Wildman–Crippen LogP) is 3.16. The molecule has 0 aliphatic carbocycles. The maximum absolute atomic E-state index is 11.4. The molecule has 0 atom stereocenters. The van der Waals surface area contributed by atoms with Crippen LogP contribution in [0.1, 0.15) is 138 Å². The van der Waals surface area contributed by atoms with Crippen molar-refractivity contribution < 1.29 is 49.5 Å². The highest BCUT2D eigenvalue weighted by atomic mass is 16.5. The Labute approximate surface area is 324 Å². The fraction of sp³-hybridized carbons (Fsp3) is 0.838. The summed E-state index contributed by atoms with van der Waals surface area (Å²) < 4.78 is 0. The fourth-order valence-electron chi connectivity index (χ4n) is 3.80. The number of nitrogens with two attached hydrogens (primary N) is 1. The Kier molecular flexibility index (Phi) is 43.6. The molecule has 0 bridgehead atoms. The zero-order chi connectivity index (χ0) is 42.2. The third-order valence-electron chi connectivity index (χ3n) is 7.13. The van der Waals surface area contributed by atoms with Crippen LogP contribution in [0, 0.1) is 5.92 Å². The highest BCUT2D eigenvalue weighted by molar-refractivity contribution is 5.77. The average molecular weight is 780 g/mol. The molecule has 0 aromatic rings. The van der Waals surface area contributed by atoms with Gasteiger partial charge in [-0.25, -0.2) is 15.2 Å². The summed E-state index contributed by atoms with van der Waals surface area (Å²) in [6.07, 6.45) is 12.0. The molecule has 54 heavy (non-hydrogen) atoms. The lowest BCUT2D eigenvalue weighted by Crippen LogP contribution is -2.35. The van der Waals surface area contributed by atoms with Gasteiger partial charge in [-0.15, -0.1) is 0 Å². The second kappa shape index (κ2) is 41.0. The number of nitrogens with zero attached hydrogens (tertiary/aromatic N) is 3. The van der Waals surface area contributed by atoms with Crippen LogP contribution in [0.5, 0.6) is 0 Å². The molecule has 0 fully saturated rings. The van der Waals surface area contributed by atoms with Gasteiger partial charge >= 0.3 is 0 Å². The number of carbonyl (C=O) groups excluding carboxylic acids is 6. The minimum absolute atomic E-state index is 0.0475. The number of hydrogen-bond donors (Lipinski definition) is 8. The molecule has 0 unspecified atom stereocenters. The van der Waals surface area contributed by atoms with Crippen LogP contribution in [0.4, 0.5) is 0 Å². The number of amides is 5. The van der Waals surface area contributed by atoms with Gasteiger partial charge in [-0.05, 0) is 97.6 Å². The molecule has 0 heterocycles. The van der Waals surface area contributed by atoms with Gasteiger partial charge in [0.05, 0.1) is 6.61 Å². The minimum atomic E-state index is -0.427. The van der Waals surface area contributed by atoms with Crippen molar-refractivity contribution in [1.29, 1.82) is 0 Å². The molecule has 0 spiro atoms. The highest BCUT2D eigenvalue weighted by Crippen LogP contribution is 2.04. The molecule has 0 radical (unpaired) electrons. The van der Waals surface area contributed by atoms with E-state index in [0.29, 0.717) is 74.2 Å². The molecular weight excluding hydrogens is 702 g/mol. The number of nitrogens with one attached hydrogen (secondary N) is 3. The van der Waals surface area contributed by atoms with Gasteiger partial charge in [0.1, 0.15) is 6.29 Å². The van der Waals surface area contributed by atoms with Gasteiger partial charge in [0.2, 0.25) is 30.0 Å². The molecule has 0 aliphatic rings. The summed E-state index contributed by atoms with van der Waals surface area (Å²) >= 11 is 0. The summed E-state index contributed by atoms with van der Waals surface area (Å²) in [7, 11) is 1.91. The van der Waals surface area contributed by atoms with Gasteiger partial charge in [0.25, 0.3) is 0 Å². The van der Waals surface area contributed by atoms with Crippen LogP contribution in [0.15, 0.2) is 0 Å². The Hall–Kier alpha value is -3.22. The largest absolute Gasteiger partial charge is 0.394 e. The zero-order valence-corrected chi connectivity index (χ0v) is 34.4. The molecule has 0 rings (SSSR count). The van der Waals surface area contributed by atoms with Crippen LogP contribution >= 0.6 is 0 Å². The summed E-state index contributed by atoms with van der Waals surface area (Å²) in [5.41, 5.74) is 4.88. The van der Waals surface area contributed by atoms with Gasteiger partial charge in [-0.3, -0.25) is 39.6 Å². The van der Waals surface area contributed by atoms with E-state index in [2.05, 4.69) is 29.8 Å². The van der Waals surface area contributed by atoms with Crippen LogP contribution in [0.3, 0.4) is 0 Å². The second-order valence-electron chi connectivity index (χ2n) is 13.9. The summed E-state index contributed by atoms with van der Waals surface area (Å²) in [6.45, 7) is 14.4. The Morgan fingerprint density at radius 2 is 1.20 bits per heavy atom. The Morgan fingerprint density at radius 1 is 0.741 bits per heavy atom. The number of unbranched alkanes of at least 4 members (excludes halogenated alkanes) is 6. The van der Waals surface area contributed by atoms with E-state index in [1.807, 2.05) is 14.0 Å². The van der Waals surface area contributed by atoms with Crippen molar-refractivity contribution in [3.63, 3.8) is 0 Å². The van der Waals surface area contributed by atoms with Crippen molar-refractivity contribution in [2.24, 2.45) is 11.7 Å². The van der Waals surface area contributed by atoms with Crippen LogP contribution in [-0.4, -0.2) is 131 Å². The van der Waals surface area contributed by atoms with Crippen molar-refractivity contribution in [3.05, 3.63) is 0 Å². The highest BCUT2D eigenvalue weighted by Gasteiger charge is 2.10. The van der Waals surface area contributed by atoms with Crippen LogP contribution < -0.4 is 21.7 Å². The van der Waals surface area contributed by atoms with Crippen LogP contribution in [-0.2, 0) is 28.8 Å². The number of rotatable bonds is 28. The first-order valence-corrected chi connectivity index (χ1v) is 19.3. The summed E-state index contributed by atoms with van der Waals surface area (Å²) in [5.74, 6) is -0.0603. The maximum Gasteiger partial charge on any atom is 0.246 e. The number of aliphatic hydroxyl groups is 1. The molecule has 17 heteroatoms. The maximum atomic E-state index is 11.4. The predicted molar refractivity (Wildman–Crippen MR) is 208 cm³/mol. The number of aldehydes is 1. The number of aliphatic hydroxyl groups excluding tert-OH is 1. The quantitative estimate of drug-likeness (QED) is 0.0247. The molecule has 0 aliphatic heterocycles. The van der Waals surface area contributed by atoms with Gasteiger partial charge in [-0.2, -0.15) is 0 Å². The van der Waals surface area contributed by atoms with Crippen molar-refractivity contribution in [2.45, 2.75) is 143 Å². The topological polar surface area (TPSA) is 255 Å². The van der Waals surface area contributed by atoms with E-state index < -0.39 is 11.4 Å². The number of hydroxylamine groups is 6. The van der Waals surface area contributed by atoms with E-state index in [-0.39, 0.29) is 43.7 Å². The molecule has 320 valence electrons. The zero-order valence-electron chi connectivity index (χ0n) is 34.4. The molecule has 17 nitrogen and oxygen atoms in total. The van der Waals surface area contributed by atoms with Crippen molar-refractivity contribution in [1.82, 2.24) is 31.1 Å².